The minimum atomic E-state index is -1.24. The van der Waals surface area contributed by atoms with Crippen LogP contribution in [0.15, 0.2) is 36.4 Å². The number of phenolic OH excluding ortho intramolecular Hbond substituents is 2. The van der Waals surface area contributed by atoms with E-state index in [0.717, 1.165) is 44.1 Å². The Labute approximate surface area is 130 Å². The van der Waals surface area contributed by atoms with E-state index in [1.165, 1.54) is 0 Å². The summed E-state index contributed by atoms with van der Waals surface area (Å²) >= 11 is 0. The van der Waals surface area contributed by atoms with E-state index < -0.39 is 11.9 Å². The number of benzene rings is 2. The van der Waals surface area contributed by atoms with Gasteiger partial charge in [-0.3, -0.25) is 0 Å². The second-order valence-corrected chi connectivity index (χ2v) is 4.37. The number of carboxylic acids is 2. The predicted molar refractivity (Wildman–Crippen MR) is 77.1 cm³/mol. The molecule has 23 heavy (non-hydrogen) atoms. The van der Waals surface area contributed by atoms with Crippen molar-refractivity contribution in [3.8, 4) is 23.0 Å². The lowest BCUT2D eigenvalue weighted by Gasteiger charge is -2.09. The molecular formula is C14H10BO8. The topological polar surface area (TPSA) is 134 Å². The Morgan fingerprint density at radius 3 is 1.48 bits per heavy atom. The van der Waals surface area contributed by atoms with Crippen molar-refractivity contribution in [2.75, 3.05) is 0 Å². The highest BCUT2D eigenvalue weighted by Gasteiger charge is 2.11. The molecule has 0 spiro atoms. The van der Waals surface area contributed by atoms with Crippen LogP contribution < -0.4 is 9.31 Å². The van der Waals surface area contributed by atoms with Gasteiger partial charge in [0.1, 0.15) is 23.0 Å². The summed E-state index contributed by atoms with van der Waals surface area (Å²) in [6, 6.07) is 6.74. The van der Waals surface area contributed by atoms with E-state index in [0.29, 0.717) is 0 Å². The van der Waals surface area contributed by atoms with E-state index in [1.807, 2.05) is 0 Å². The lowest BCUT2D eigenvalue weighted by Crippen LogP contribution is -2.12. The fourth-order valence-corrected chi connectivity index (χ4v) is 1.68. The number of aromatic carboxylic acids is 2. The highest BCUT2D eigenvalue weighted by Crippen LogP contribution is 2.23. The molecule has 0 saturated carbocycles. The highest BCUT2D eigenvalue weighted by molar-refractivity contribution is 6.20. The van der Waals surface area contributed by atoms with Gasteiger partial charge in [0.2, 0.25) is 0 Å². The van der Waals surface area contributed by atoms with Crippen LogP contribution in [0.5, 0.6) is 23.0 Å². The maximum absolute atomic E-state index is 10.8. The third-order valence-corrected chi connectivity index (χ3v) is 2.64. The van der Waals surface area contributed by atoms with Crippen LogP contribution in [0, 0.1) is 0 Å². The summed E-state index contributed by atoms with van der Waals surface area (Å²) in [5.74, 6) is -3.10. The average molecular weight is 317 g/mol. The Hall–Kier alpha value is -3.36. The van der Waals surface area contributed by atoms with Gasteiger partial charge in [-0.05, 0) is 24.3 Å². The number of rotatable bonds is 6. The third kappa shape index (κ3) is 4.30. The molecule has 0 aliphatic rings. The first-order valence-electron chi connectivity index (χ1n) is 6.15. The van der Waals surface area contributed by atoms with Crippen LogP contribution in [0.4, 0.5) is 0 Å². The molecule has 117 valence electrons. The quantitative estimate of drug-likeness (QED) is 0.589. The fraction of sp³-hybridized carbons (Fsp3) is 0. The van der Waals surface area contributed by atoms with Crippen LogP contribution in [0.25, 0.3) is 0 Å². The molecule has 0 aromatic heterocycles. The first kappa shape index (κ1) is 16.0. The Morgan fingerprint density at radius 2 is 1.13 bits per heavy atom. The van der Waals surface area contributed by atoms with Gasteiger partial charge in [0.25, 0.3) is 0 Å². The van der Waals surface area contributed by atoms with Gasteiger partial charge < -0.3 is 29.7 Å². The lowest BCUT2D eigenvalue weighted by atomic mass is 10.2. The molecule has 8 nitrogen and oxygen atoms in total. The van der Waals surface area contributed by atoms with Crippen molar-refractivity contribution in [2.24, 2.45) is 0 Å². The van der Waals surface area contributed by atoms with Gasteiger partial charge in [-0.15, -0.1) is 0 Å². The molecular weight excluding hydrogens is 307 g/mol. The van der Waals surface area contributed by atoms with Gasteiger partial charge in [-0.25, -0.2) is 9.59 Å². The maximum Gasteiger partial charge on any atom is 0.658 e. The Morgan fingerprint density at radius 1 is 0.739 bits per heavy atom. The summed E-state index contributed by atoms with van der Waals surface area (Å²) in [7, 11) is 0.806. The fourth-order valence-electron chi connectivity index (χ4n) is 1.68. The van der Waals surface area contributed by atoms with Crippen molar-refractivity contribution in [1.29, 1.82) is 0 Å². The second-order valence-electron chi connectivity index (χ2n) is 4.37. The van der Waals surface area contributed by atoms with Crippen molar-refractivity contribution in [3.05, 3.63) is 47.5 Å². The van der Waals surface area contributed by atoms with Gasteiger partial charge in [0.05, 0.1) is 11.1 Å². The summed E-state index contributed by atoms with van der Waals surface area (Å²) in [6.45, 7) is 0. The molecule has 0 aliphatic carbocycles. The van der Waals surface area contributed by atoms with Gasteiger partial charge >= 0.3 is 19.6 Å². The highest BCUT2D eigenvalue weighted by atomic mass is 16.6. The number of carboxylic acid groups (broad SMARTS) is 2. The summed E-state index contributed by atoms with van der Waals surface area (Å²) in [5.41, 5.74) is -0.363. The molecule has 9 heteroatoms. The van der Waals surface area contributed by atoms with Gasteiger partial charge in [0.15, 0.2) is 0 Å². The largest absolute Gasteiger partial charge is 0.658 e. The molecule has 0 heterocycles. The van der Waals surface area contributed by atoms with Crippen LogP contribution in [-0.2, 0) is 0 Å². The van der Waals surface area contributed by atoms with Gasteiger partial charge in [0, 0.05) is 12.1 Å². The van der Waals surface area contributed by atoms with E-state index >= 15 is 0 Å². The van der Waals surface area contributed by atoms with E-state index in [4.69, 9.17) is 19.5 Å². The van der Waals surface area contributed by atoms with E-state index in [2.05, 4.69) is 0 Å². The molecule has 0 amide bonds. The molecule has 0 fully saturated rings. The first-order valence-corrected chi connectivity index (χ1v) is 6.15. The molecule has 0 aliphatic heterocycles. The molecule has 0 unspecified atom stereocenters. The number of hydrogen-bond acceptors (Lipinski definition) is 6. The predicted octanol–water partition coefficient (Wildman–Crippen LogP) is 1.49. The van der Waals surface area contributed by atoms with E-state index in [-0.39, 0.29) is 34.1 Å². The maximum atomic E-state index is 10.8. The summed E-state index contributed by atoms with van der Waals surface area (Å²) in [5, 5.41) is 36.5. The molecule has 0 atom stereocenters. The zero-order chi connectivity index (χ0) is 17.0. The number of phenols is 2. The molecule has 2 rings (SSSR count). The standard InChI is InChI=1S/C14H10BO8/c16-9-1-7(13(18)19)3-11(5-9)22-15-23-12-4-8(14(20)21)2-10(17)6-12/h1-6,16-17H,(H,18,19)(H,20,21). The lowest BCUT2D eigenvalue weighted by molar-refractivity contribution is 0.0685. The van der Waals surface area contributed by atoms with Crippen LogP contribution in [0.1, 0.15) is 20.7 Å². The summed E-state index contributed by atoms with van der Waals surface area (Å²) < 4.78 is 10.0. The monoisotopic (exact) mass is 317 g/mol. The van der Waals surface area contributed by atoms with E-state index in [1.54, 1.807) is 0 Å². The van der Waals surface area contributed by atoms with Crippen LogP contribution >= 0.6 is 0 Å². The molecule has 0 bridgehead atoms. The first-order chi connectivity index (χ1) is 10.8. The smallest absolute Gasteiger partial charge is 0.526 e. The van der Waals surface area contributed by atoms with Gasteiger partial charge in [-0.2, -0.15) is 0 Å². The van der Waals surface area contributed by atoms with Crippen molar-refractivity contribution in [2.45, 2.75) is 0 Å². The normalized spacial score (nSPS) is 9.91. The Balaban J connectivity index is 2.05. The van der Waals surface area contributed by atoms with Crippen LogP contribution in [-0.4, -0.2) is 40.0 Å². The number of carbonyl (C=O) groups is 2. The number of aromatic hydroxyl groups is 2. The Bertz CT molecular complexity index is 695. The summed E-state index contributed by atoms with van der Waals surface area (Å²) in [4.78, 5) is 21.7. The molecule has 0 saturated heterocycles. The van der Waals surface area contributed by atoms with Crippen molar-refractivity contribution in [3.63, 3.8) is 0 Å². The Kier molecular flexibility index (Phi) is 4.60. The van der Waals surface area contributed by atoms with Crippen molar-refractivity contribution >= 4 is 19.6 Å². The van der Waals surface area contributed by atoms with Crippen LogP contribution in [0.3, 0.4) is 0 Å². The minimum Gasteiger partial charge on any atom is -0.526 e. The summed E-state index contributed by atoms with van der Waals surface area (Å²) in [6.07, 6.45) is 0. The zero-order valence-corrected chi connectivity index (χ0v) is 11.5. The average Bonchev–Trinajstić information content (AvgIpc) is 2.46. The van der Waals surface area contributed by atoms with Crippen molar-refractivity contribution in [1.82, 2.24) is 0 Å². The molecule has 1 radical (unpaired) electrons. The minimum absolute atomic E-state index is 0.000936. The van der Waals surface area contributed by atoms with E-state index in [9.17, 15) is 19.8 Å². The van der Waals surface area contributed by atoms with Crippen molar-refractivity contribution < 1.29 is 39.3 Å². The van der Waals surface area contributed by atoms with Crippen LogP contribution in [0.2, 0.25) is 0 Å². The number of hydrogen-bond donors (Lipinski definition) is 4. The second kappa shape index (κ2) is 6.61. The third-order valence-electron chi connectivity index (χ3n) is 2.64. The SMILES string of the molecule is O=C(O)c1cc(O)cc(O[B]Oc2cc(O)cc(C(=O)O)c2)c1. The molecule has 2 aromatic rings. The van der Waals surface area contributed by atoms with Gasteiger partial charge in [-0.1, -0.05) is 0 Å². The molecule has 4 N–H and O–H groups in total. The zero-order valence-electron chi connectivity index (χ0n) is 11.5. The molecule has 2 aromatic carbocycles.